The maximum absolute atomic E-state index is 5.46. The second kappa shape index (κ2) is 5.66. The predicted octanol–water partition coefficient (Wildman–Crippen LogP) is 2.32. The Bertz CT molecular complexity index is 321. The maximum atomic E-state index is 5.46. The Labute approximate surface area is 96.1 Å². The molecular weight excluding hydrogens is 206 g/mol. The Morgan fingerprint density at radius 2 is 2.33 bits per heavy atom. The number of nitrogens with one attached hydrogen (secondary N) is 1. The van der Waals surface area contributed by atoms with Gasteiger partial charge in [0.2, 0.25) is 0 Å². The van der Waals surface area contributed by atoms with E-state index >= 15 is 0 Å². The third kappa shape index (κ3) is 3.83. The molecule has 0 spiro atoms. The quantitative estimate of drug-likeness (QED) is 0.752. The van der Waals surface area contributed by atoms with Crippen LogP contribution >= 0.6 is 12.2 Å². The Balaban J connectivity index is 2.60. The molecule has 1 atom stereocenters. The number of hydrogen-bond donors (Lipinski definition) is 2. The summed E-state index contributed by atoms with van der Waals surface area (Å²) in [7, 11) is 0. The Hall–Kier alpha value is -1.16. The van der Waals surface area contributed by atoms with Crippen molar-refractivity contribution in [3.63, 3.8) is 0 Å². The smallest absolute Gasteiger partial charge is 0.122 e. The van der Waals surface area contributed by atoms with Crippen LogP contribution in [-0.4, -0.2) is 16.0 Å². The average Bonchev–Trinajstić information content (AvgIpc) is 2.18. The van der Waals surface area contributed by atoms with Crippen LogP contribution in [0.4, 0.5) is 5.69 Å². The summed E-state index contributed by atoms with van der Waals surface area (Å²) < 4.78 is 0. The molecule has 1 heterocycles. The number of aromatic nitrogens is 1. The average molecular weight is 223 g/mol. The van der Waals surface area contributed by atoms with Crippen LogP contribution in [0.1, 0.15) is 32.4 Å². The highest BCUT2D eigenvalue weighted by Gasteiger charge is 2.01. The molecule has 0 saturated carbocycles. The van der Waals surface area contributed by atoms with E-state index in [-0.39, 0.29) is 0 Å². The van der Waals surface area contributed by atoms with Gasteiger partial charge in [-0.1, -0.05) is 25.6 Å². The number of nitrogens with two attached hydrogens (primary N) is 1. The van der Waals surface area contributed by atoms with E-state index in [1.807, 2.05) is 12.1 Å². The monoisotopic (exact) mass is 223 g/mol. The van der Waals surface area contributed by atoms with Gasteiger partial charge in [-0.3, -0.25) is 4.98 Å². The summed E-state index contributed by atoms with van der Waals surface area (Å²) in [6.07, 6.45) is 4.09. The number of pyridine rings is 1. The first kappa shape index (κ1) is 11.9. The second-order valence-electron chi connectivity index (χ2n) is 3.63. The van der Waals surface area contributed by atoms with E-state index in [9.17, 15) is 0 Å². The van der Waals surface area contributed by atoms with E-state index in [2.05, 4.69) is 24.1 Å². The zero-order valence-corrected chi connectivity index (χ0v) is 9.97. The van der Waals surface area contributed by atoms with E-state index in [0.29, 0.717) is 16.7 Å². The lowest BCUT2D eigenvalue weighted by molar-refractivity contribution is 0.690. The van der Waals surface area contributed by atoms with Crippen LogP contribution in [-0.2, 0) is 0 Å². The molecule has 3 nitrogen and oxygen atoms in total. The van der Waals surface area contributed by atoms with Gasteiger partial charge in [0, 0.05) is 6.04 Å². The van der Waals surface area contributed by atoms with Gasteiger partial charge < -0.3 is 11.1 Å². The lowest BCUT2D eigenvalue weighted by atomic mass is 10.2. The van der Waals surface area contributed by atoms with Gasteiger partial charge in [0.25, 0.3) is 0 Å². The van der Waals surface area contributed by atoms with E-state index in [4.69, 9.17) is 18.0 Å². The van der Waals surface area contributed by atoms with Gasteiger partial charge >= 0.3 is 0 Å². The van der Waals surface area contributed by atoms with Gasteiger partial charge in [0.1, 0.15) is 4.99 Å². The second-order valence-corrected chi connectivity index (χ2v) is 4.07. The van der Waals surface area contributed by atoms with Crippen molar-refractivity contribution >= 4 is 22.9 Å². The molecule has 0 bridgehead atoms. The molecule has 1 aromatic heterocycles. The molecule has 0 amide bonds. The molecule has 0 aliphatic carbocycles. The van der Waals surface area contributed by atoms with Gasteiger partial charge in [-0.15, -0.1) is 0 Å². The zero-order valence-electron chi connectivity index (χ0n) is 9.16. The van der Waals surface area contributed by atoms with Gasteiger partial charge in [-0.05, 0) is 25.5 Å². The molecular formula is C11H17N3S. The molecule has 0 aromatic carbocycles. The summed E-state index contributed by atoms with van der Waals surface area (Å²) in [4.78, 5) is 4.50. The first-order valence-electron chi connectivity index (χ1n) is 5.16. The standard InChI is InChI=1S/C11H17N3S/c1-3-4-8(2)14-9-5-6-10(11(12)15)13-7-9/h5-8,14H,3-4H2,1-2H3,(H2,12,15). The fourth-order valence-electron chi connectivity index (χ4n) is 1.41. The van der Waals surface area contributed by atoms with Crippen LogP contribution in [0.15, 0.2) is 18.3 Å². The van der Waals surface area contributed by atoms with E-state index in [1.54, 1.807) is 6.20 Å². The molecule has 3 N–H and O–H groups in total. The SMILES string of the molecule is CCCC(C)Nc1ccc(C(N)=S)nc1. The van der Waals surface area contributed by atoms with E-state index < -0.39 is 0 Å². The van der Waals surface area contributed by atoms with Crippen molar-refractivity contribution in [2.45, 2.75) is 32.7 Å². The van der Waals surface area contributed by atoms with Crippen molar-refractivity contribution in [3.8, 4) is 0 Å². The lowest BCUT2D eigenvalue weighted by Crippen LogP contribution is -2.15. The molecule has 1 unspecified atom stereocenters. The molecule has 82 valence electrons. The zero-order chi connectivity index (χ0) is 11.3. The molecule has 0 aliphatic heterocycles. The van der Waals surface area contributed by atoms with Gasteiger partial charge in [-0.25, -0.2) is 0 Å². The molecule has 0 saturated heterocycles. The first-order valence-corrected chi connectivity index (χ1v) is 5.56. The van der Waals surface area contributed by atoms with Crippen molar-refractivity contribution in [1.82, 2.24) is 4.98 Å². The molecule has 1 rings (SSSR count). The van der Waals surface area contributed by atoms with Gasteiger partial charge in [-0.2, -0.15) is 0 Å². The first-order chi connectivity index (χ1) is 7.13. The summed E-state index contributed by atoms with van der Waals surface area (Å²) in [5.41, 5.74) is 7.14. The minimum absolute atomic E-state index is 0.336. The Morgan fingerprint density at radius 3 is 2.80 bits per heavy atom. The topological polar surface area (TPSA) is 50.9 Å². The van der Waals surface area contributed by atoms with Crippen molar-refractivity contribution in [2.75, 3.05) is 5.32 Å². The van der Waals surface area contributed by atoms with Crippen LogP contribution in [0, 0.1) is 0 Å². The normalized spacial score (nSPS) is 12.1. The molecule has 0 radical (unpaired) electrons. The summed E-state index contributed by atoms with van der Waals surface area (Å²) in [6, 6.07) is 4.25. The van der Waals surface area contributed by atoms with Crippen molar-refractivity contribution in [2.24, 2.45) is 5.73 Å². The minimum atomic E-state index is 0.336. The third-order valence-corrected chi connectivity index (χ3v) is 2.36. The largest absolute Gasteiger partial charge is 0.388 e. The number of rotatable bonds is 5. The molecule has 4 heteroatoms. The van der Waals surface area contributed by atoms with Crippen LogP contribution in [0.2, 0.25) is 0 Å². The van der Waals surface area contributed by atoms with Crippen LogP contribution < -0.4 is 11.1 Å². The molecule has 1 aromatic rings. The highest BCUT2D eigenvalue weighted by atomic mass is 32.1. The van der Waals surface area contributed by atoms with E-state index in [1.165, 1.54) is 6.42 Å². The predicted molar refractivity (Wildman–Crippen MR) is 68.1 cm³/mol. The Morgan fingerprint density at radius 1 is 1.60 bits per heavy atom. The summed E-state index contributed by atoms with van der Waals surface area (Å²) in [6.45, 7) is 4.33. The highest BCUT2D eigenvalue weighted by molar-refractivity contribution is 7.80. The summed E-state index contributed by atoms with van der Waals surface area (Å²) >= 11 is 4.83. The Kier molecular flexibility index (Phi) is 4.49. The number of hydrogen-bond acceptors (Lipinski definition) is 3. The van der Waals surface area contributed by atoms with E-state index in [0.717, 1.165) is 12.1 Å². The fraction of sp³-hybridized carbons (Fsp3) is 0.455. The van der Waals surface area contributed by atoms with Gasteiger partial charge in [0.05, 0.1) is 17.6 Å². The van der Waals surface area contributed by atoms with Crippen LogP contribution in [0.25, 0.3) is 0 Å². The number of thiocarbonyl (C=S) groups is 1. The lowest BCUT2D eigenvalue weighted by Gasteiger charge is -2.13. The molecule has 0 aliphatic rings. The van der Waals surface area contributed by atoms with Crippen molar-refractivity contribution in [1.29, 1.82) is 0 Å². The van der Waals surface area contributed by atoms with Crippen LogP contribution in [0.5, 0.6) is 0 Å². The fourth-order valence-corrected chi connectivity index (χ4v) is 1.54. The molecule has 0 fully saturated rings. The van der Waals surface area contributed by atoms with Crippen molar-refractivity contribution < 1.29 is 0 Å². The number of anilines is 1. The van der Waals surface area contributed by atoms with Crippen molar-refractivity contribution in [3.05, 3.63) is 24.0 Å². The number of nitrogens with zero attached hydrogens (tertiary/aromatic N) is 1. The van der Waals surface area contributed by atoms with Crippen LogP contribution in [0.3, 0.4) is 0 Å². The minimum Gasteiger partial charge on any atom is -0.388 e. The summed E-state index contributed by atoms with van der Waals surface area (Å²) in [5.74, 6) is 0. The maximum Gasteiger partial charge on any atom is 0.122 e. The third-order valence-electron chi connectivity index (χ3n) is 2.15. The van der Waals surface area contributed by atoms with Gasteiger partial charge in [0.15, 0.2) is 0 Å². The molecule has 15 heavy (non-hydrogen) atoms. The summed E-state index contributed by atoms with van der Waals surface area (Å²) in [5, 5.41) is 3.36. The highest BCUT2D eigenvalue weighted by Crippen LogP contribution is 2.09.